The smallest absolute Gasteiger partial charge is 0.227 e. The summed E-state index contributed by atoms with van der Waals surface area (Å²) >= 11 is 0. The molecule has 29 heavy (non-hydrogen) atoms. The Morgan fingerprint density at radius 3 is 2.41 bits per heavy atom. The summed E-state index contributed by atoms with van der Waals surface area (Å²) < 4.78 is 8.55. The van der Waals surface area contributed by atoms with E-state index in [-0.39, 0.29) is 0 Å². The molecule has 3 aromatic heterocycles. The number of aryl methyl sites for hydroxylation is 2. The summed E-state index contributed by atoms with van der Waals surface area (Å²) in [4.78, 5) is 4.78. The Hall–Kier alpha value is -3.72. The molecule has 0 aliphatic heterocycles. The van der Waals surface area contributed by atoms with E-state index in [0.29, 0.717) is 5.71 Å². The van der Waals surface area contributed by atoms with E-state index in [1.54, 1.807) is 0 Å². The SMILES string of the molecule is Cc1ccc2c(oc3nc4ccccc4cc32)c1-c1cc2ccccc2c[n+]1C. The minimum Gasteiger partial charge on any atom is -0.437 e. The van der Waals surface area contributed by atoms with Crippen LogP contribution in [0.15, 0.2) is 83.4 Å². The molecule has 0 N–H and O–H groups in total. The first-order valence-electron chi connectivity index (χ1n) is 9.79. The topological polar surface area (TPSA) is 29.9 Å². The first kappa shape index (κ1) is 16.3. The van der Waals surface area contributed by atoms with Crippen LogP contribution in [0, 0.1) is 6.92 Å². The highest BCUT2D eigenvalue weighted by molar-refractivity contribution is 6.11. The summed E-state index contributed by atoms with van der Waals surface area (Å²) in [7, 11) is 2.09. The van der Waals surface area contributed by atoms with Gasteiger partial charge in [-0.1, -0.05) is 48.5 Å². The molecule has 0 bridgehead atoms. The maximum Gasteiger partial charge on any atom is 0.227 e. The molecule has 3 heterocycles. The number of rotatable bonds is 1. The van der Waals surface area contributed by atoms with Gasteiger partial charge in [-0.3, -0.25) is 0 Å². The molecule has 3 heteroatoms. The zero-order valence-corrected chi connectivity index (χ0v) is 16.3. The molecular weight excluding hydrogens is 356 g/mol. The van der Waals surface area contributed by atoms with E-state index in [1.165, 1.54) is 16.3 Å². The summed E-state index contributed by atoms with van der Waals surface area (Å²) in [5.41, 5.74) is 5.98. The van der Waals surface area contributed by atoms with Crippen molar-refractivity contribution in [2.24, 2.45) is 7.05 Å². The van der Waals surface area contributed by atoms with E-state index in [1.807, 2.05) is 18.2 Å². The molecule has 0 spiro atoms. The van der Waals surface area contributed by atoms with Crippen LogP contribution >= 0.6 is 0 Å². The molecule has 6 rings (SSSR count). The van der Waals surface area contributed by atoms with Gasteiger partial charge in [0.2, 0.25) is 11.4 Å². The summed E-state index contributed by atoms with van der Waals surface area (Å²) in [5, 5.41) is 5.73. The minimum atomic E-state index is 0.689. The molecule has 0 unspecified atom stereocenters. The number of fused-ring (bicyclic) bond motifs is 5. The van der Waals surface area contributed by atoms with Gasteiger partial charge in [0.1, 0.15) is 7.05 Å². The lowest BCUT2D eigenvalue weighted by Gasteiger charge is -2.07. The highest BCUT2D eigenvalue weighted by atomic mass is 16.3. The third kappa shape index (κ3) is 2.37. The van der Waals surface area contributed by atoms with Gasteiger partial charge < -0.3 is 4.42 Å². The van der Waals surface area contributed by atoms with Crippen molar-refractivity contribution in [3.05, 3.63) is 84.6 Å². The third-order valence-electron chi connectivity index (χ3n) is 5.80. The fourth-order valence-corrected chi connectivity index (χ4v) is 4.32. The summed E-state index contributed by atoms with van der Waals surface area (Å²) in [6.45, 7) is 2.14. The van der Waals surface area contributed by atoms with Crippen LogP contribution in [-0.2, 0) is 7.05 Å². The number of benzene rings is 3. The Balaban J connectivity index is 1.73. The number of aromatic nitrogens is 2. The zero-order chi connectivity index (χ0) is 19.5. The Labute approximate surface area is 167 Å². The largest absolute Gasteiger partial charge is 0.437 e. The van der Waals surface area contributed by atoms with Crippen molar-refractivity contribution in [1.29, 1.82) is 0 Å². The van der Waals surface area contributed by atoms with Crippen molar-refractivity contribution in [3.63, 3.8) is 0 Å². The predicted molar refractivity (Wildman–Crippen MR) is 118 cm³/mol. The van der Waals surface area contributed by atoms with E-state index >= 15 is 0 Å². The molecule has 0 atom stereocenters. The molecule has 0 amide bonds. The second-order valence-corrected chi connectivity index (χ2v) is 7.67. The lowest BCUT2D eigenvalue weighted by Crippen LogP contribution is -2.30. The van der Waals surface area contributed by atoms with Crippen molar-refractivity contribution < 1.29 is 8.98 Å². The first-order chi connectivity index (χ1) is 14.2. The van der Waals surface area contributed by atoms with E-state index in [0.717, 1.165) is 38.5 Å². The molecule has 3 aromatic carbocycles. The average molecular weight is 375 g/mol. The Morgan fingerprint density at radius 1 is 0.793 bits per heavy atom. The van der Waals surface area contributed by atoms with Crippen LogP contribution in [0.3, 0.4) is 0 Å². The number of nitrogens with zero attached hydrogens (tertiary/aromatic N) is 2. The second-order valence-electron chi connectivity index (χ2n) is 7.67. The van der Waals surface area contributed by atoms with Gasteiger partial charge in [0.15, 0.2) is 11.8 Å². The number of para-hydroxylation sites is 1. The van der Waals surface area contributed by atoms with Crippen molar-refractivity contribution in [1.82, 2.24) is 4.98 Å². The molecule has 0 saturated carbocycles. The molecule has 0 fully saturated rings. The van der Waals surface area contributed by atoms with Crippen LogP contribution in [0.2, 0.25) is 0 Å². The summed E-state index contributed by atoms with van der Waals surface area (Å²) in [6, 6.07) is 25.4. The molecule has 138 valence electrons. The summed E-state index contributed by atoms with van der Waals surface area (Å²) in [5.74, 6) is 0. The van der Waals surface area contributed by atoms with Gasteiger partial charge in [-0.25, -0.2) is 9.55 Å². The predicted octanol–water partition coefficient (Wildman–Crippen LogP) is 6.09. The maximum atomic E-state index is 6.37. The number of hydrogen-bond acceptors (Lipinski definition) is 2. The molecular formula is C26H19N2O+. The van der Waals surface area contributed by atoms with Crippen molar-refractivity contribution in [2.75, 3.05) is 0 Å². The van der Waals surface area contributed by atoms with Gasteiger partial charge in [-0.2, -0.15) is 0 Å². The Bertz CT molecular complexity index is 1580. The fourth-order valence-electron chi connectivity index (χ4n) is 4.32. The Morgan fingerprint density at radius 2 is 1.55 bits per heavy atom. The highest BCUT2D eigenvalue weighted by Gasteiger charge is 2.21. The van der Waals surface area contributed by atoms with Crippen LogP contribution in [0.5, 0.6) is 0 Å². The van der Waals surface area contributed by atoms with E-state index < -0.39 is 0 Å². The van der Waals surface area contributed by atoms with Crippen LogP contribution in [0.25, 0.3) is 55.0 Å². The maximum absolute atomic E-state index is 6.37. The second kappa shape index (κ2) is 5.89. The molecule has 0 aliphatic carbocycles. The van der Waals surface area contributed by atoms with Gasteiger partial charge in [0.25, 0.3) is 0 Å². The standard InChI is InChI=1S/C26H19N2O/c1-16-11-12-20-21-13-18-8-5-6-10-22(18)27-26(21)29-25(20)24(16)23-14-17-7-3-4-9-19(17)15-28(23)2/h3-15H,1-2H3/q+1. The van der Waals surface area contributed by atoms with Crippen LogP contribution in [0.4, 0.5) is 0 Å². The van der Waals surface area contributed by atoms with E-state index in [9.17, 15) is 0 Å². The molecule has 0 radical (unpaired) electrons. The lowest BCUT2D eigenvalue weighted by atomic mass is 9.99. The van der Waals surface area contributed by atoms with Crippen molar-refractivity contribution in [3.8, 4) is 11.3 Å². The van der Waals surface area contributed by atoms with Crippen LogP contribution in [-0.4, -0.2) is 4.98 Å². The number of hydrogen-bond donors (Lipinski definition) is 0. The molecule has 6 aromatic rings. The minimum absolute atomic E-state index is 0.689. The van der Waals surface area contributed by atoms with Crippen LogP contribution in [0.1, 0.15) is 5.56 Å². The lowest BCUT2D eigenvalue weighted by molar-refractivity contribution is -0.659. The first-order valence-corrected chi connectivity index (χ1v) is 9.79. The monoisotopic (exact) mass is 375 g/mol. The third-order valence-corrected chi connectivity index (χ3v) is 5.80. The fraction of sp³-hybridized carbons (Fsp3) is 0.0769. The van der Waals surface area contributed by atoms with Crippen molar-refractivity contribution >= 4 is 43.7 Å². The molecule has 0 saturated heterocycles. The van der Waals surface area contributed by atoms with E-state index in [2.05, 4.69) is 79.3 Å². The van der Waals surface area contributed by atoms with Gasteiger partial charge in [0.05, 0.1) is 11.1 Å². The van der Waals surface area contributed by atoms with Crippen LogP contribution < -0.4 is 4.57 Å². The zero-order valence-electron chi connectivity index (χ0n) is 16.3. The Kier molecular flexibility index (Phi) is 3.30. The number of pyridine rings is 2. The highest BCUT2D eigenvalue weighted by Crippen LogP contribution is 2.37. The van der Waals surface area contributed by atoms with Crippen molar-refractivity contribution in [2.45, 2.75) is 6.92 Å². The van der Waals surface area contributed by atoms with Gasteiger partial charge >= 0.3 is 0 Å². The number of furan rings is 1. The average Bonchev–Trinajstić information content (AvgIpc) is 3.09. The van der Waals surface area contributed by atoms with Gasteiger partial charge in [0, 0.05) is 27.6 Å². The summed E-state index contributed by atoms with van der Waals surface area (Å²) in [6.07, 6.45) is 2.18. The normalized spacial score (nSPS) is 11.8. The molecule has 0 aliphatic rings. The van der Waals surface area contributed by atoms with E-state index in [4.69, 9.17) is 9.40 Å². The molecule has 3 nitrogen and oxygen atoms in total. The quantitative estimate of drug-likeness (QED) is 0.326. The van der Waals surface area contributed by atoms with Gasteiger partial charge in [-0.05, 0) is 36.1 Å². The van der Waals surface area contributed by atoms with Gasteiger partial charge in [-0.15, -0.1) is 0 Å².